The molecule has 1 N–H and O–H groups in total. The van der Waals surface area contributed by atoms with Crippen molar-refractivity contribution in [3.63, 3.8) is 0 Å². The first kappa shape index (κ1) is 19.6. The van der Waals surface area contributed by atoms with Gasteiger partial charge in [0.15, 0.2) is 5.76 Å². The van der Waals surface area contributed by atoms with Crippen LogP contribution in [0.15, 0.2) is 76.0 Å². The summed E-state index contributed by atoms with van der Waals surface area (Å²) in [6.45, 7) is 3.93. The van der Waals surface area contributed by atoms with Crippen LogP contribution in [-0.4, -0.2) is 44.0 Å². The lowest BCUT2D eigenvalue weighted by Crippen LogP contribution is -2.44. The highest BCUT2D eigenvalue weighted by Crippen LogP contribution is 2.28. The van der Waals surface area contributed by atoms with E-state index >= 15 is 0 Å². The minimum absolute atomic E-state index is 0.220. The van der Waals surface area contributed by atoms with Crippen molar-refractivity contribution in [1.82, 2.24) is 4.90 Å². The third kappa shape index (κ3) is 5.02. The van der Waals surface area contributed by atoms with Gasteiger partial charge >= 0.3 is 0 Å². The molecule has 0 unspecified atom stereocenters. The largest absolute Gasteiger partial charge is 0.455 e. The molecule has 0 spiro atoms. The molecular weight excluding hydrogens is 382 g/mol. The van der Waals surface area contributed by atoms with Gasteiger partial charge in [-0.3, -0.25) is 4.79 Å². The van der Waals surface area contributed by atoms with E-state index in [-0.39, 0.29) is 5.91 Å². The number of nitrogens with one attached hydrogen (secondary N) is 1. The van der Waals surface area contributed by atoms with Gasteiger partial charge in [0.1, 0.15) is 5.76 Å². The summed E-state index contributed by atoms with van der Waals surface area (Å²) in [6, 6.07) is 21.7. The van der Waals surface area contributed by atoms with Gasteiger partial charge < -0.3 is 19.5 Å². The normalized spacial score (nSPS) is 14.7. The Labute approximate surface area is 175 Å². The van der Waals surface area contributed by atoms with E-state index in [9.17, 15) is 4.79 Å². The van der Waals surface area contributed by atoms with Crippen molar-refractivity contribution in [1.29, 1.82) is 0 Å². The number of anilines is 2. The number of likely N-dealkylation sites (N-methyl/N-ethyl adjacent to an activating group) is 1. The van der Waals surface area contributed by atoms with Crippen LogP contribution < -0.4 is 10.2 Å². The lowest BCUT2D eigenvalue weighted by atomic mass is 10.2. The Balaban J connectivity index is 1.40. The van der Waals surface area contributed by atoms with Crippen LogP contribution in [0.5, 0.6) is 0 Å². The van der Waals surface area contributed by atoms with Crippen molar-refractivity contribution < 1.29 is 9.21 Å². The highest BCUT2D eigenvalue weighted by molar-refractivity contribution is 7.98. The van der Waals surface area contributed by atoms with Crippen molar-refractivity contribution in [2.45, 2.75) is 10.6 Å². The van der Waals surface area contributed by atoms with Crippen molar-refractivity contribution in [3.8, 4) is 0 Å². The molecule has 3 aromatic rings. The van der Waals surface area contributed by atoms with E-state index < -0.39 is 0 Å². The molecule has 4 rings (SSSR count). The molecular formula is C23H25N3O2S. The Kier molecular flexibility index (Phi) is 6.22. The van der Waals surface area contributed by atoms with Crippen LogP contribution in [0.25, 0.3) is 0 Å². The van der Waals surface area contributed by atoms with Crippen molar-refractivity contribution in [3.05, 3.63) is 78.3 Å². The highest BCUT2D eigenvalue weighted by Gasteiger charge is 2.19. The third-order valence-electron chi connectivity index (χ3n) is 5.01. The summed E-state index contributed by atoms with van der Waals surface area (Å²) in [5.41, 5.74) is 1.87. The molecule has 0 bridgehead atoms. The molecule has 5 nitrogen and oxygen atoms in total. The monoisotopic (exact) mass is 407 g/mol. The van der Waals surface area contributed by atoms with Crippen LogP contribution in [-0.2, 0) is 5.75 Å². The van der Waals surface area contributed by atoms with Gasteiger partial charge in [-0.1, -0.05) is 30.3 Å². The molecule has 6 heteroatoms. The number of benzene rings is 2. The van der Waals surface area contributed by atoms with E-state index in [2.05, 4.69) is 40.4 Å². The first-order valence-electron chi connectivity index (χ1n) is 9.79. The predicted molar refractivity (Wildman–Crippen MR) is 119 cm³/mol. The number of rotatable bonds is 6. The average Bonchev–Trinajstić information content (AvgIpc) is 3.23. The number of nitrogens with zero attached hydrogens (tertiary/aromatic N) is 2. The number of carbonyl (C=O) groups excluding carboxylic acids is 1. The molecule has 0 aliphatic carbocycles. The Hall–Kier alpha value is -2.70. The van der Waals surface area contributed by atoms with Crippen LogP contribution in [0.3, 0.4) is 0 Å². The number of hydrogen-bond donors (Lipinski definition) is 1. The second kappa shape index (κ2) is 9.20. The van der Waals surface area contributed by atoms with Gasteiger partial charge in [-0.15, -0.1) is 11.8 Å². The van der Waals surface area contributed by atoms with Crippen molar-refractivity contribution >= 4 is 29.0 Å². The summed E-state index contributed by atoms with van der Waals surface area (Å²) in [5, 5.41) is 3.03. The minimum Gasteiger partial charge on any atom is -0.455 e. The smallest absolute Gasteiger partial charge is 0.291 e. The van der Waals surface area contributed by atoms with Crippen LogP contribution in [0.2, 0.25) is 0 Å². The standard InChI is InChI=1S/C23H25N3O2S/c1-25-13-15-26(16-14-25)21-10-6-5-9-20(21)24-23(27)22-12-11-18(28-22)17-29-19-7-3-2-4-8-19/h2-12H,13-17H2,1H3,(H,24,27). The summed E-state index contributed by atoms with van der Waals surface area (Å²) in [7, 11) is 2.13. The number of amides is 1. The fourth-order valence-corrected chi connectivity index (χ4v) is 4.15. The van der Waals surface area contributed by atoms with Crippen LogP contribution in [0.4, 0.5) is 11.4 Å². The number of furan rings is 1. The minimum atomic E-state index is -0.220. The average molecular weight is 408 g/mol. The van der Waals surface area contributed by atoms with Gasteiger partial charge in [-0.2, -0.15) is 0 Å². The molecule has 29 heavy (non-hydrogen) atoms. The summed E-state index contributed by atoms with van der Waals surface area (Å²) in [4.78, 5) is 18.6. The van der Waals surface area contributed by atoms with Gasteiger partial charge in [0, 0.05) is 31.1 Å². The van der Waals surface area contributed by atoms with E-state index in [0.29, 0.717) is 11.5 Å². The first-order valence-corrected chi connectivity index (χ1v) is 10.8. The van der Waals surface area contributed by atoms with Crippen molar-refractivity contribution in [2.24, 2.45) is 0 Å². The molecule has 1 aromatic heterocycles. The third-order valence-corrected chi connectivity index (χ3v) is 6.04. The predicted octanol–water partition coefficient (Wildman–Crippen LogP) is 4.58. The van der Waals surface area contributed by atoms with E-state index in [0.717, 1.165) is 43.3 Å². The Morgan fingerprint density at radius 2 is 1.69 bits per heavy atom. The second-order valence-electron chi connectivity index (χ2n) is 7.13. The number of hydrogen-bond acceptors (Lipinski definition) is 5. The van der Waals surface area contributed by atoms with Crippen LogP contribution in [0, 0.1) is 0 Å². The van der Waals surface area contributed by atoms with Gasteiger partial charge in [-0.05, 0) is 43.4 Å². The lowest BCUT2D eigenvalue weighted by molar-refractivity contribution is 0.0995. The van der Waals surface area contributed by atoms with E-state index in [1.807, 2.05) is 42.5 Å². The van der Waals surface area contributed by atoms with Crippen molar-refractivity contribution in [2.75, 3.05) is 43.4 Å². The molecule has 2 aromatic carbocycles. The Bertz CT molecular complexity index is 950. The maximum absolute atomic E-state index is 12.8. The Morgan fingerprint density at radius 3 is 2.48 bits per heavy atom. The summed E-state index contributed by atoms with van der Waals surface area (Å²) in [6.07, 6.45) is 0. The van der Waals surface area contributed by atoms with Gasteiger partial charge in [-0.25, -0.2) is 0 Å². The zero-order chi connectivity index (χ0) is 20.1. The van der Waals surface area contributed by atoms with E-state index in [4.69, 9.17) is 4.42 Å². The zero-order valence-electron chi connectivity index (χ0n) is 16.5. The van der Waals surface area contributed by atoms with Gasteiger partial charge in [0.2, 0.25) is 0 Å². The molecule has 1 fully saturated rings. The number of piperazine rings is 1. The molecule has 1 amide bonds. The molecule has 0 radical (unpaired) electrons. The summed E-state index contributed by atoms with van der Waals surface area (Å²) >= 11 is 1.69. The highest BCUT2D eigenvalue weighted by atomic mass is 32.2. The number of para-hydroxylation sites is 2. The molecule has 1 aliphatic rings. The molecule has 1 saturated heterocycles. The molecule has 1 aliphatic heterocycles. The van der Waals surface area contributed by atoms with Gasteiger partial charge in [0.25, 0.3) is 5.91 Å². The first-order chi connectivity index (χ1) is 14.2. The zero-order valence-corrected chi connectivity index (χ0v) is 17.3. The maximum atomic E-state index is 12.8. The maximum Gasteiger partial charge on any atom is 0.291 e. The number of thioether (sulfide) groups is 1. The van der Waals surface area contributed by atoms with E-state index in [1.54, 1.807) is 17.8 Å². The number of carbonyl (C=O) groups is 1. The molecule has 2 heterocycles. The lowest BCUT2D eigenvalue weighted by Gasteiger charge is -2.35. The summed E-state index contributed by atoms with van der Waals surface area (Å²) in [5.74, 6) is 1.59. The fourth-order valence-electron chi connectivity index (χ4n) is 3.34. The second-order valence-corrected chi connectivity index (χ2v) is 8.18. The Morgan fingerprint density at radius 1 is 0.966 bits per heavy atom. The quantitative estimate of drug-likeness (QED) is 0.606. The van der Waals surface area contributed by atoms with Gasteiger partial charge in [0.05, 0.1) is 17.1 Å². The van der Waals surface area contributed by atoms with Crippen LogP contribution >= 0.6 is 11.8 Å². The topological polar surface area (TPSA) is 48.7 Å². The molecule has 0 saturated carbocycles. The fraction of sp³-hybridized carbons (Fsp3) is 0.261. The SMILES string of the molecule is CN1CCN(c2ccccc2NC(=O)c2ccc(CSc3ccccc3)o2)CC1. The summed E-state index contributed by atoms with van der Waals surface area (Å²) < 4.78 is 5.79. The van der Waals surface area contributed by atoms with Crippen LogP contribution in [0.1, 0.15) is 16.3 Å². The molecule has 150 valence electrons. The van der Waals surface area contributed by atoms with E-state index in [1.165, 1.54) is 4.90 Å². The molecule has 0 atom stereocenters.